The van der Waals surface area contributed by atoms with Crippen LogP contribution in [0.1, 0.15) is 96.6 Å². The Hall–Kier alpha value is -4.26. The number of carbonyl (C=O) groups excluding carboxylic acids is 4. The Morgan fingerprint density at radius 3 is 2.42 bits per heavy atom. The number of sulfonamides is 1. The van der Waals surface area contributed by atoms with Crippen LogP contribution in [-0.4, -0.2) is 68.2 Å². The molecule has 3 fully saturated rings. The minimum atomic E-state index is -3.81. The van der Waals surface area contributed by atoms with Gasteiger partial charge in [0.05, 0.1) is 23.2 Å². The Kier molecular flexibility index (Phi) is 9.92. The zero-order valence-corrected chi connectivity index (χ0v) is 31.7. The van der Waals surface area contributed by atoms with Gasteiger partial charge in [0.2, 0.25) is 27.7 Å². The number of amides is 3. The number of nitrogens with zero attached hydrogens (tertiary/aromatic N) is 1. The highest BCUT2D eigenvalue weighted by molar-refractivity contribution is 7.90. The number of ketones is 1. The molecule has 0 spiro atoms. The van der Waals surface area contributed by atoms with E-state index in [2.05, 4.69) is 20.5 Å². The molecule has 4 bridgehead atoms. The number of rotatable bonds is 7. The quantitative estimate of drug-likeness (QED) is 0.314. The number of benzene rings is 2. The van der Waals surface area contributed by atoms with Crippen LogP contribution in [-0.2, 0) is 34.0 Å². The highest BCUT2D eigenvalue weighted by Crippen LogP contribution is 2.58. The second kappa shape index (κ2) is 14.2. The van der Waals surface area contributed by atoms with Gasteiger partial charge in [0.25, 0.3) is 0 Å². The van der Waals surface area contributed by atoms with Crippen molar-refractivity contribution in [3.05, 3.63) is 53.6 Å². The highest BCUT2D eigenvalue weighted by atomic mass is 32.2. The van der Waals surface area contributed by atoms with Crippen molar-refractivity contribution in [3.63, 3.8) is 0 Å². The van der Waals surface area contributed by atoms with Gasteiger partial charge in [-0.25, -0.2) is 8.42 Å². The van der Waals surface area contributed by atoms with Gasteiger partial charge < -0.3 is 20.2 Å². The third-order valence-corrected chi connectivity index (χ3v) is 13.5. The molecule has 2 aromatic carbocycles. The van der Waals surface area contributed by atoms with Gasteiger partial charge in [0.15, 0.2) is 0 Å². The summed E-state index contributed by atoms with van der Waals surface area (Å²) in [5.74, 6) is -2.84. The van der Waals surface area contributed by atoms with Crippen molar-refractivity contribution >= 4 is 39.2 Å². The topological polar surface area (TPSA) is 169 Å². The molecule has 7 rings (SSSR count). The third-order valence-electron chi connectivity index (χ3n) is 11.7. The predicted octanol–water partition coefficient (Wildman–Crippen LogP) is 4.63. The van der Waals surface area contributed by atoms with Gasteiger partial charge in [0, 0.05) is 30.0 Å². The summed E-state index contributed by atoms with van der Waals surface area (Å²) in [6, 6.07) is 12.9. The van der Waals surface area contributed by atoms with Crippen molar-refractivity contribution in [2.45, 2.75) is 103 Å². The Morgan fingerprint density at radius 2 is 1.72 bits per heavy atom. The highest BCUT2D eigenvalue weighted by Gasteiger charge is 2.62. The first-order chi connectivity index (χ1) is 25.2. The van der Waals surface area contributed by atoms with Crippen LogP contribution in [0, 0.1) is 28.6 Å². The summed E-state index contributed by atoms with van der Waals surface area (Å²) in [5, 5.41) is 10.0. The lowest BCUT2D eigenvalue weighted by Gasteiger charge is -2.32. The average Bonchev–Trinajstić information content (AvgIpc) is 4.03. The lowest BCUT2D eigenvalue weighted by atomic mass is 9.82. The molecule has 13 heteroatoms. The number of fused-ring (bicyclic) bond motifs is 6. The maximum absolute atomic E-state index is 14.4. The molecule has 2 aromatic rings. The van der Waals surface area contributed by atoms with Crippen molar-refractivity contribution in [2.75, 3.05) is 13.2 Å². The minimum Gasteiger partial charge on any atom is -0.494 e. The van der Waals surface area contributed by atoms with E-state index in [-0.39, 0.29) is 36.9 Å². The van der Waals surface area contributed by atoms with E-state index >= 15 is 0 Å². The normalized spacial score (nSPS) is 29.7. The maximum atomic E-state index is 14.4. The van der Waals surface area contributed by atoms with Crippen LogP contribution in [0.4, 0.5) is 0 Å². The summed E-state index contributed by atoms with van der Waals surface area (Å²) in [7, 11) is -3.81. The molecule has 0 unspecified atom stereocenters. The molecule has 3 N–H and O–H groups in total. The molecule has 6 atom stereocenters. The monoisotopic (exact) mass is 746 g/mol. The first-order valence-corrected chi connectivity index (χ1v) is 20.5. The molecule has 4 aliphatic carbocycles. The van der Waals surface area contributed by atoms with Crippen LogP contribution in [0.15, 0.2) is 47.6 Å². The fourth-order valence-electron chi connectivity index (χ4n) is 8.34. The second-order valence-electron chi connectivity index (χ2n) is 16.5. The Labute approximate surface area is 311 Å². The average molecular weight is 747 g/mol. The number of ether oxygens (including phenoxy) is 1. The molecule has 53 heavy (non-hydrogen) atoms. The summed E-state index contributed by atoms with van der Waals surface area (Å²) >= 11 is 0. The van der Waals surface area contributed by atoms with Crippen LogP contribution in [0.25, 0.3) is 11.1 Å². The Balaban J connectivity index is 1.20. The predicted molar refractivity (Wildman–Crippen MR) is 198 cm³/mol. The van der Waals surface area contributed by atoms with Crippen LogP contribution in [0.3, 0.4) is 0 Å². The SMILES string of the molecule is CC[C@@H]1C[C@]1(CC(=O)[C@@H]1C[C@@H]2C[C@H]1C(=O)N[C@H](C(C)(C)C)C(=O)NCCCCOc1ccc3c(c1)/C(=N\O2)c1ccccc1-3)C(=O)NS(=O)(=O)C1CC1. The van der Waals surface area contributed by atoms with Gasteiger partial charge in [-0.15, -0.1) is 0 Å². The van der Waals surface area contributed by atoms with Gasteiger partial charge in [-0.2, -0.15) is 0 Å². The molecule has 1 heterocycles. The third kappa shape index (κ3) is 7.46. The Morgan fingerprint density at radius 1 is 0.981 bits per heavy atom. The van der Waals surface area contributed by atoms with Crippen LogP contribution < -0.4 is 20.1 Å². The first-order valence-electron chi connectivity index (χ1n) is 19.0. The molecular weight excluding hydrogens is 697 g/mol. The summed E-state index contributed by atoms with van der Waals surface area (Å²) in [5.41, 5.74) is 2.61. The number of oxime groups is 1. The molecule has 5 aliphatic rings. The summed E-state index contributed by atoms with van der Waals surface area (Å²) in [6.45, 7) is 8.40. The maximum Gasteiger partial charge on any atom is 0.243 e. The summed E-state index contributed by atoms with van der Waals surface area (Å²) in [4.78, 5) is 61.9. The van der Waals surface area contributed by atoms with Gasteiger partial charge in [-0.05, 0) is 85.6 Å². The van der Waals surface area contributed by atoms with E-state index in [4.69, 9.17) is 9.57 Å². The number of Topliss-reactive ketones (excluding diaryl/α,β-unsaturated/α-hetero) is 1. The first kappa shape index (κ1) is 37.1. The van der Waals surface area contributed by atoms with E-state index < -0.39 is 61.9 Å². The number of hydrogen-bond donors (Lipinski definition) is 3. The largest absolute Gasteiger partial charge is 0.494 e. The molecule has 3 saturated carbocycles. The Bertz CT molecular complexity index is 1950. The standard InChI is InChI=1S/C40H50N4O8S/c1-5-23-21-40(23,38(48)44-53(49,50)26-13-14-26)22-33(45)30-19-25-20-32(30)36(46)42-35(39(2,3)4)37(47)41-16-8-9-17-51-24-12-15-28-27-10-6-7-11-29(27)34(43-52-25)31(28)18-24/h6-7,10-12,15,18,23,25-26,30,32,35H,5,8-9,13-14,16-17,19-22H2,1-4H3,(H,41,47)(H,42,46)(H,44,48)/b43-34-/t23-,25-,30-,32-,35+,40-/m1/s1. The molecule has 0 saturated heterocycles. The second-order valence-corrected chi connectivity index (χ2v) is 18.5. The van der Waals surface area contributed by atoms with Crippen LogP contribution in [0.2, 0.25) is 0 Å². The van der Waals surface area contributed by atoms with Crippen LogP contribution in [0.5, 0.6) is 5.75 Å². The molecule has 1 aliphatic heterocycles. The van der Waals surface area contributed by atoms with Gasteiger partial charge >= 0.3 is 0 Å². The minimum absolute atomic E-state index is 0.148. The van der Waals surface area contributed by atoms with Crippen molar-refractivity contribution in [2.24, 2.45) is 33.7 Å². The zero-order chi connectivity index (χ0) is 37.7. The number of nitrogens with one attached hydrogen (secondary N) is 3. The van der Waals surface area contributed by atoms with Crippen molar-refractivity contribution in [1.29, 1.82) is 0 Å². The number of carbonyl (C=O) groups is 4. The molecule has 3 amide bonds. The van der Waals surface area contributed by atoms with Crippen molar-refractivity contribution in [3.8, 4) is 16.9 Å². The molecule has 0 aromatic heterocycles. The molecular formula is C40H50N4O8S. The number of hydrogen-bond acceptors (Lipinski definition) is 9. The van der Waals surface area contributed by atoms with Crippen molar-refractivity contribution < 1.29 is 37.2 Å². The van der Waals surface area contributed by atoms with Crippen molar-refractivity contribution in [1.82, 2.24) is 15.4 Å². The smallest absolute Gasteiger partial charge is 0.243 e. The summed E-state index contributed by atoms with van der Waals surface area (Å²) in [6.07, 6.45) is 2.94. The fraction of sp³-hybridized carbons (Fsp3) is 0.575. The van der Waals surface area contributed by atoms with E-state index in [1.54, 1.807) is 0 Å². The molecule has 0 radical (unpaired) electrons. The van der Waals surface area contributed by atoms with Crippen LogP contribution >= 0.6 is 0 Å². The lowest BCUT2D eigenvalue weighted by Crippen LogP contribution is -2.55. The van der Waals surface area contributed by atoms with E-state index in [1.807, 2.05) is 70.2 Å². The summed E-state index contributed by atoms with van der Waals surface area (Å²) < 4.78 is 33.9. The van der Waals surface area contributed by atoms with E-state index in [0.717, 1.165) is 22.3 Å². The molecule has 12 nitrogen and oxygen atoms in total. The van der Waals surface area contributed by atoms with E-state index in [9.17, 15) is 27.6 Å². The van der Waals surface area contributed by atoms with E-state index in [0.29, 0.717) is 63.1 Å². The molecule has 284 valence electrons. The zero-order valence-electron chi connectivity index (χ0n) is 30.9. The van der Waals surface area contributed by atoms with Gasteiger partial charge in [0.1, 0.15) is 29.4 Å². The van der Waals surface area contributed by atoms with E-state index in [1.165, 1.54) is 0 Å². The van der Waals surface area contributed by atoms with Gasteiger partial charge in [-0.1, -0.05) is 63.5 Å². The lowest BCUT2D eigenvalue weighted by molar-refractivity contribution is -0.138. The van der Waals surface area contributed by atoms with Gasteiger partial charge in [-0.3, -0.25) is 23.9 Å². The fourth-order valence-corrected chi connectivity index (χ4v) is 9.73.